The van der Waals surface area contributed by atoms with Crippen LogP contribution in [0.4, 0.5) is 0 Å². The number of benzene rings is 1. The summed E-state index contributed by atoms with van der Waals surface area (Å²) in [6.45, 7) is 2.20. The molecule has 0 aromatic heterocycles. The van der Waals surface area contributed by atoms with E-state index in [1.54, 1.807) is 12.1 Å². The maximum atomic E-state index is 11.6. The van der Waals surface area contributed by atoms with E-state index < -0.39 is 6.10 Å². The molecule has 0 saturated carbocycles. The number of esters is 1. The largest absolute Gasteiger partial charge is 0.426 e. The Bertz CT molecular complexity index is 362. The van der Waals surface area contributed by atoms with Crippen molar-refractivity contribution >= 4 is 5.97 Å². The summed E-state index contributed by atoms with van der Waals surface area (Å²) in [5.41, 5.74) is 0. The number of unbranched alkanes of at least 4 members (excludes halogenated alkanes) is 5. The van der Waals surface area contributed by atoms with Gasteiger partial charge in [-0.05, 0) is 18.6 Å². The Labute approximate surface area is 122 Å². The molecule has 20 heavy (non-hydrogen) atoms. The second-order valence-corrected chi connectivity index (χ2v) is 5.20. The van der Waals surface area contributed by atoms with Crippen LogP contribution >= 0.6 is 0 Å². The molecule has 1 aromatic rings. The van der Waals surface area contributed by atoms with Crippen LogP contribution in [0.3, 0.4) is 0 Å². The molecule has 0 aliphatic carbocycles. The van der Waals surface area contributed by atoms with E-state index in [0.717, 1.165) is 12.8 Å². The van der Waals surface area contributed by atoms with Crippen molar-refractivity contribution in [3.8, 4) is 5.75 Å². The first-order valence-corrected chi connectivity index (χ1v) is 7.66. The fourth-order valence-electron chi connectivity index (χ4n) is 2.12. The molecule has 0 fully saturated rings. The van der Waals surface area contributed by atoms with Gasteiger partial charge in [0.25, 0.3) is 0 Å². The van der Waals surface area contributed by atoms with Crippen LogP contribution in [-0.4, -0.2) is 17.2 Å². The second-order valence-electron chi connectivity index (χ2n) is 5.20. The van der Waals surface area contributed by atoms with Crippen molar-refractivity contribution in [2.75, 3.05) is 0 Å². The molecule has 0 aliphatic rings. The van der Waals surface area contributed by atoms with Gasteiger partial charge in [0, 0.05) is 0 Å². The smallest absolute Gasteiger partial charge is 0.313 e. The van der Waals surface area contributed by atoms with E-state index in [9.17, 15) is 9.90 Å². The molecule has 3 heteroatoms. The molecule has 0 radical (unpaired) electrons. The van der Waals surface area contributed by atoms with Gasteiger partial charge in [-0.1, -0.05) is 63.6 Å². The first-order chi connectivity index (χ1) is 9.72. The van der Waals surface area contributed by atoms with E-state index in [-0.39, 0.29) is 12.4 Å². The highest BCUT2D eigenvalue weighted by molar-refractivity contribution is 5.72. The number of aliphatic hydroxyl groups is 1. The van der Waals surface area contributed by atoms with Gasteiger partial charge in [-0.2, -0.15) is 0 Å². The van der Waals surface area contributed by atoms with E-state index in [1.807, 2.05) is 18.2 Å². The Hall–Kier alpha value is -1.35. The van der Waals surface area contributed by atoms with Crippen LogP contribution in [0.25, 0.3) is 0 Å². The Morgan fingerprint density at radius 2 is 1.75 bits per heavy atom. The predicted molar refractivity (Wildman–Crippen MR) is 80.7 cm³/mol. The van der Waals surface area contributed by atoms with Crippen LogP contribution in [0, 0.1) is 0 Å². The van der Waals surface area contributed by atoms with Crippen LogP contribution in [-0.2, 0) is 4.79 Å². The lowest BCUT2D eigenvalue weighted by Crippen LogP contribution is -2.17. The molecule has 0 amide bonds. The molecule has 1 rings (SSSR count). The molecule has 0 saturated heterocycles. The molecule has 1 N–H and O–H groups in total. The monoisotopic (exact) mass is 278 g/mol. The Kier molecular flexibility index (Phi) is 8.72. The standard InChI is InChI=1S/C17H26O3/c1-2-3-4-5-6-8-11-15(18)14-17(19)20-16-12-9-7-10-13-16/h7,9-10,12-13,15,18H,2-6,8,11,14H2,1H3. The Balaban J connectivity index is 2.09. The SMILES string of the molecule is CCCCCCCCC(O)CC(=O)Oc1ccccc1. The second kappa shape index (κ2) is 10.4. The number of carbonyl (C=O) groups is 1. The van der Waals surface area contributed by atoms with Crippen molar-refractivity contribution in [3.05, 3.63) is 30.3 Å². The van der Waals surface area contributed by atoms with E-state index >= 15 is 0 Å². The summed E-state index contributed by atoms with van der Waals surface area (Å²) in [5.74, 6) is 0.166. The number of hydrogen-bond donors (Lipinski definition) is 1. The van der Waals surface area contributed by atoms with Crippen LogP contribution in [0.15, 0.2) is 30.3 Å². The van der Waals surface area contributed by atoms with Crippen LogP contribution in [0.1, 0.15) is 58.3 Å². The van der Waals surface area contributed by atoms with Crippen molar-refractivity contribution < 1.29 is 14.6 Å². The molecule has 0 heterocycles. The molecule has 1 atom stereocenters. The molecule has 1 aromatic carbocycles. The third-order valence-electron chi connectivity index (χ3n) is 3.27. The Morgan fingerprint density at radius 1 is 1.10 bits per heavy atom. The van der Waals surface area contributed by atoms with Crippen molar-refractivity contribution in [2.24, 2.45) is 0 Å². The molecule has 112 valence electrons. The predicted octanol–water partition coefficient (Wildman–Crippen LogP) is 4.09. The summed E-state index contributed by atoms with van der Waals surface area (Å²) in [5, 5.41) is 9.80. The van der Waals surface area contributed by atoms with Crippen LogP contribution in [0.2, 0.25) is 0 Å². The average Bonchev–Trinajstić information content (AvgIpc) is 2.43. The average molecular weight is 278 g/mol. The third kappa shape index (κ3) is 7.95. The van der Waals surface area contributed by atoms with Gasteiger partial charge in [0.1, 0.15) is 5.75 Å². The van der Waals surface area contributed by atoms with Crippen molar-refractivity contribution in [1.29, 1.82) is 0 Å². The highest BCUT2D eigenvalue weighted by Crippen LogP contribution is 2.13. The topological polar surface area (TPSA) is 46.5 Å². The minimum absolute atomic E-state index is 0.0733. The Morgan fingerprint density at radius 3 is 2.45 bits per heavy atom. The molecule has 0 spiro atoms. The molecular weight excluding hydrogens is 252 g/mol. The summed E-state index contributed by atoms with van der Waals surface area (Å²) in [6.07, 6.45) is 7.28. The fraction of sp³-hybridized carbons (Fsp3) is 0.588. The van der Waals surface area contributed by atoms with Gasteiger partial charge in [0.15, 0.2) is 0 Å². The van der Waals surface area contributed by atoms with Crippen molar-refractivity contribution in [2.45, 2.75) is 64.4 Å². The molecule has 3 nitrogen and oxygen atoms in total. The summed E-state index contributed by atoms with van der Waals surface area (Å²) in [7, 11) is 0. The quantitative estimate of drug-likeness (QED) is 0.398. The van der Waals surface area contributed by atoms with E-state index in [0.29, 0.717) is 12.2 Å². The third-order valence-corrected chi connectivity index (χ3v) is 3.27. The molecule has 0 bridgehead atoms. The van der Waals surface area contributed by atoms with Crippen molar-refractivity contribution in [3.63, 3.8) is 0 Å². The number of rotatable bonds is 10. The molecule has 1 unspecified atom stereocenters. The van der Waals surface area contributed by atoms with E-state index in [2.05, 4.69) is 6.92 Å². The number of ether oxygens (including phenoxy) is 1. The first kappa shape index (κ1) is 16.7. The van der Waals surface area contributed by atoms with Gasteiger partial charge in [-0.15, -0.1) is 0 Å². The zero-order valence-electron chi connectivity index (χ0n) is 12.4. The molecule has 0 aliphatic heterocycles. The number of aliphatic hydroxyl groups excluding tert-OH is 1. The maximum Gasteiger partial charge on any atom is 0.313 e. The zero-order chi connectivity index (χ0) is 14.6. The minimum atomic E-state index is -0.586. The van der Waals surface area contributed by atoms with Gasteiger partial charge in [0.05, 0.1) is 12.5 Å². The highest BCUT2D eigenvalue weighted by Gasteiger charge is 2.12. The summed E-state index contributed by atoms with van der Waals surface area (Å²) >= 11 is 0. The summed E-state index contributed by atoms with van der Waals surface area (Å²) in [4.78, 5) is 11.6. The van der Waals surface area contributed by atoms with E-state index in [1.165, 1.54) is 25.7 Å². The summed E-state index contributed by atoms with van der Waals surface area (Å²) < 4.78 is 5.15. The van der Waals surface area contributed by atoms with Crippen LogP contribution < -0.4 is 4.74 Å². The fourth-order valence-corrected chi connectivity index (χ4v) is 2.12. The van der Waals surface area contributed by atoms with Gasteiger partial charge in [0.2, 0.25) is 0 Å². The maximum absolute atomic E-state index is 11.6. The zero-order valence-corrected chi connectivity index (χ0v) is 12.4. The lowest BCUT2D eigenvalue weighted by molar-refractivity contribution is -0.136. The van der Waals surface area contributed by atoms with Crippen LogP contribution in [0.5, 0.6) is 5.75 Å². The van der Waals surface area contributed by atoms with Gasteiger partial charge in [-0.3, -0.25) is 4.79 Å². The number of para-hydroxylation sites is 1. The van der Waals surface area contributed by atoms with Gasteiger partial charge < -0.3 is 9.84 Å². The number of carbonyl (C=O) groups excluding carboxylic acids is 1. The minimum Gasteiger partial charge on any atom is -0.426 e. The lowest BCUT2D eigenvalue weighted by Gasteiger charge is -2.10. The lowest BCUT2D eigenvalue weighted by atomic mass is 10.1. The highest BCUT2D eigenvalue weighted by atomic mass is 16.5. The van der Waals surface area contributed by atoms with Crippen molar-refractivity contribution in [1.82, 2.24) is 0 Å². The van der Waals surface area contributed by atoms with Gasteiger partial charge in [-0.25, -0.2) is 0 Å². The normalized spacial score (nSPS) is 12.1. The first-order valence-electron chi connectivity index (χ1n) is 7.66. The number of hydrogen-bond acceptors (Lipinski definition) is 3. The summed E-state index contributed by atoms with van der Waals surface area (Å²) in [6, 6.07) is 8.96. The van der Waals surface area contributed by atoms with Gasteiger partial charge >= 0.3 is 5.97 Å². The molecular formula is C17H26O3. The van der Waals surface area contributed by atoms with E-state index in [4.69, 9.17) is 4.74 Å².